The molecule has 0 bridgehead atoms. The predicted molar refractivity (Wildman–Crippen MR) is 88.4 cm³/mol. The first-order valence-corrected chi connectivity index (χ1v) is 8.43. The van der Waals surface area contributed by atoms with E-state index in [2.05, 4.69) is 25.9 Å². The summed E-state index contributed by atoms with van der Waals surface area (Å²) in [6.07, 6.45) is 0. The summed E-state index contributed by atoms with van der Waals surface area (Å²) in [5.41, 5.74) is 7.11. The van der Waals surface area contributed by atoms with E-state index in [0.717, 1.165) is 14.9 Å². The number of thiophene rings is 1. The molecule has 3 aromatic rings. The second kappa shape index (κ2) is 5.59. The first-order valence-electron chi connectivity index (χ1n) is 5.78. The summed E-state index contributed by atoms with van der Waals surface area (Å²) < 4.78 is 1.62. The molecule has 102 valence electrons. The lowest BCUT2D eigenvalue weighted by atomic mass is 10.3. The van der Waals surface area contributed by atoms with E-state index in [4.69, 9.17) is 5.73 Å². The van der Waals surface area contributed by atoms with Crippen molar-refractivity contribution in [2.75, 3.05) is 5.73 Å². The van der Waals surface area contributed by atoms with Crippen LogP contribution in [0.4, 0.5) is 5.69 Å². The number of hydrogen-bond acceptors (Lipinski definition) is 5. The van der Waals surface area contributed by atoms with Gasteiger partial charge in [-0.05, 0) is 45.6 Å². The molecule has 0 radical (unpaired) electrons. The number of nitrogens with two attached hydrogens (primary N) is 1. The lowest BCUT2D eigenvalue weighted by molar-refractivity contribution is 1.04. The van der Waals surface area contributed by atoms with E-state index in [-0.39, 0.29) is 5.56 Å². The van der Waals surface area contributed by atoms with Crippen LogP contribution in [0.15, 0.2) is 43.8 Å². The van der Waals surface area contributed by atoms with Gasteiger partial charge in [-0.1, -0.05) is 0 Å². The zero-order valence-electron chi connectivity index (χ0n) is 10.2. The van der Waals surface area contributed by atoms with E-state index in [1.807, 2.05) is 29.6 Å². The van der Waals surface area contributed by atoms with Gasteiger partial charge in [0.1, 0.15) is 10.5 Å². The maximum atomic E-state index is 11.9. The summed E-state index contributed by atoms with van der Waals surface area (Å²) in [5.74, 6) is 1.28. The molecular formula is C13H10BrN3OS2. The van der Waals surface area contributed by atoms with E-state index in [9.17, 15) is 4.79 Å². The van der Waals surface area contributed by atoms with Crippen molar-refractivity contribution in [3.05, 3.63) is 50.3 Å². The number of nitrogens with one attached hydrogen (secondary N) is 1. The van der Waals surface area contributed by atoms with Crippen molar-refractivity contribution >= 4 is 54.9 Å². The van der Waals surface area contributed by atoms with Crippen LogP contribution in [0, 0.1) is 0 Å². The van der Waals surface area contributed by atoms with Crippen molar-refractivity contribution < 1.29 is 0 Å². The third-order valence-electron chi connectivity index (χ3n) is 2.68. The molecule has 0 fully saturated rings. The van der Waals surface area contributed by atoms with Gasteiger partial charge < -0.3 is 10.7 Å². The summed E-state index contributed by atoms with van der Waals surface area (Å²) >= 11 is 6.48. The van der Waals surface area contributed by atoms with E-state index in [1.54, 1.807) is 11.8 Å². The summed E-state index contributed by atoms with van der Waals surface area (Å²) in [4.78, 5) is 20.2. The molecule has 0 unspecified atom stereocenters. The highest BCUT2D eigenvalue weighted by atomic mass is 79.9. The van der Waals surface area contributed by atoms with Gasteiger partial charge in [0.05, 0.1) is 11.3 Å². The van der Waals surface area contributed by atoms with Gasteiger partial charge in [0.25, 0.3) is 5.56 Å². The van der Waals surface area contributed by atoms with Crippen molar-refractivity contribution in [1.29, 1.82) is 0 Å². The summed E-state index contributed by atoms with van der Waals surface area (Å²) in [5, 5.41) is 1.88. The summed E-state index contributed by atoms with van der Waals surface area (Å²) in [6.45, 7) is 0. The van der Waals surface area contributed by atoms with Crippen LogP contribution in [-0.4, -0.2) is 9.97 Å². The lowest BCUT2D eigenvalue weighted by Gasteiger charge is -2.05. The smallest absolute Gasteiger partial charge is 0.268 e. The van der Waals surface area contributed by atoms with Gasteiger partial charge in [0.2, 0.25) is 0 Å². The van der Waals surface area contributed by atoms with Crippen molar-refractivity contribution in [3.8, 4) is 0 Å². The third-order valence-corrected chi connectivity index (χ3v) is 5.59. The molecule has 0 aliphatic carbocycles. The van der Waals surface area contributed by atoms with Gasteiger partial charge >= 0.3 is 0 Å². The maximum absolute atomic E-state index is 11.9. The lowest BCUT2D eigenvalue weighted by Crippen LogP contribution is -2.09. The molecule has 1 aromatic carbocycles. The van der Waals surface area contributed by atoms with Crippen LogP contribution in [0.2, 0.25) is 0 Å². The number of H-pyrrole nitrogens is 1. The quantitative estimate of drug-likeness (QED) is 0.547. The molecule has 4 nitrogen and oxygen atoms in total. The number of fused-ring (bicyclic) bond motifs is 1. The first kappa shape index (κ1) is 13.7. The molecule has 2 heterocycles. The largest absolute Gasteiger partial charge is 0.399 e. The van der Waals surface area contributed by atoms with Crippen LogP contribution < -0.4 is 11.3 Å². The molecular weight excluding hydrogens is 358 g/mol. The Morgan fingerprint density at radius 1 is 1.40 bits per heavy atom. The van der Waals surface area contributed by atoms with E-state index >= 15 is 0 Å². The summed E-state index contributed by atoms with van der Waals surface area (Å²) in [7, 11) is 0. The standard InChI is InChI=1S/C13H10BrN3OS2/c14-8-5-7(15)1-2-10(8)20-6-11-16-9-3-4-19-12(9)13(18)17-11/h1-5H,6,15H2,(H,16,17,18). The SMILES string of the molecule is Nc1ccc(SCc2nc3ccsc3c(=O)[nH]2)c(Br)c1. The molecule has 0 aliphatic heterocycles. The Kier molecular flexibility index (Phi) is 3.82. The highest BCUT2D eigenvalue weighted by Gasteiger charge is 2.07. The van der Waals surface area contributed by atoms with Crippen molar-refractivity contribution in [2.45, 2.75) is 10.6 Å². The Morgan fingerprint density at radius 3 is 3.05 bits per heavy atom. The number of rotatable bonds is 3. The summed E-state index contributed by atoms with van der Waals surface area (Å²) in [6, 6.07) is 7.53. The zero-order valence-corrected chi connectivity index (χ0v) is 13.4. The van der Waals surface area contributed by atoms with Crippen LogP contribution in [0.25, 0.3) is 10.2 Å². The second-order valence-electron chi connectivity index (χ2n) is 4.13. The molecule has 3 N–H and O–H groups in total. The Bertz CT molecular complexity index is 828. The minimum absolute atomic E-state index is 0.0722. The molecule has 0 spiro atoms. The molecule has 0 aliphatic rings. The Balaban J connectivity index is 1.84. The van der Waals surface area contributed by atoms with Gasteiger partial charge in [-0.25, -0.2) is 4.98 Å². The van der Waals surface area contributed by atoms with Gasteiger partial charge in [-0.2, -0.15) is 0 Å². The van der Waals surface area contributed by atoms with Gasteiger partial charge in [0.15, 0.2) is 0 Å². The monoisotopic (exact) mass is 367 g/mol. The first-order chi connectivity index (χ1) is 9.63. The van der Waals surface area contributed by atoms with Crippen LogP contribution in [0.5, 0.6) is 0 Å². The number of aromatic amines is 1. The fraction of sp³-hybridized carbons (Fsp3) is 0.0769. The van der Waals surface area contributed by atoms with Gasteiger partial charge in [-0.15, -0.1) is 23.1 Å². The molecule has 20 heavy (non-hydrogen) atoms. The number of nitrogen functional groups attached to an aromatic ring is 1. The number of halogens is 1. The number of hydrogen-bond donors (Lipinski definition) is 2. The Labute approximate surface area is 131 Å². The molecule has 0 atom stereocenters. The van der Waals surface area contributed by atoms with Gasteiger partial charge in [0, 0.05) is 15.1 Å². The number of nitrogens with zero attached hydrogens (tertiary/aromatic N) is 1. The number of benzene rings is 1. The van der Waals surface area contributed by atoms with Crippen LogP contribution in [-0.2, 0) is 5.75 Å². The highest BCUT2D eigenvalue weighted by Crippen LogP contribution is 2.30. The fourth-order valence-corrected chi connectivity index (χ4v) is 4.03. The second-order valence-corrected chi connectivity index (χ2v) is 6.91. The topological polar surface area (TPSA) is 71.8 Å². The minimum Gasteiger partial charge on any atom is -0.399 e. The van der Waals surface area contributed by atoms with E-state index in [1.165, 1.54) is 11.3 Å². The van der Waals surface area contributed by atoms with Crippen molar-refractivity contribution in [1.82, 2.24) is 9.97 Å². The fourth-order valence-electron chi connectivity index (χ4n) is 1.77. The molecule has 2 aromatic heterocycles. The molecule has 0 saturated heterocycles. The maximum Gasteiger partial charge on any atom is 0.268 e. The van der Waals surface area contributed by atoms with Crippen LogP contribution in [0.3, 0.4) is 0 Å². The van der Waals surface area contributed by atoms with Gasteiger partial charge in [-0.3, -0.25) is 4.79 Å². The minimum atomic E-state index is -0.0722. The highest BCUT2D eigenvalue weighted by molar-refractivity contribution is 9.10. The normalized spacial score (nSPS) is 11.1. The zero-order chi connectivity index (χ0) is 14.1. The van der Waals surface area contributed by atoms with Crippen LogP contribution >= 0.6 is 39.0 Å². The average molecular weight is 368 g/mol. The number of aromatic nitrogens is 2. The molecule has 0 saturated carbocycles. The average Bonchev–Trinajstić information content (AvgIpc) is 2.86. The Hall–Kier alpha value is -1.31. The Morgan fingerprint density at radius 2 is 2.25 bits per heavy atom. The molecule has 3 rings (SSSR count). The molecule has 0 amide bonds. The third kappa shape index (κ3) is 2.74. The number of thioether (sulfide) groups is 1. The predicted octanol–water partition coefficient (Wildman–Crippen LogP) is 3.62. The van der Waals surface area contributed by atoms with Crippen molar-refractivity contribution in [2.24, 2.45) is 0 Å². The van der Waals surface area contributed by atoms with E-state index < -0.39 is 0 Å². The number of anilines is 1. The van der Waals surface area contributed by atoms with Crippen molar-refractivity contribution in [3.63, 3.8) is 0 Å². The molecule has 7 heteroatoms. The van der Waals surface area contributed by atoms with Crippen LogP contribution in [0.1, 0.15) is 5.82 Å². The van der Waals surface area contributed by atoms with E-state index in [0.29, 0.717) is 22.0 Å².